The molecule has 2 aromatic carbocycles. The third-order valence-electron chi connectivity index (χ3n) is 3.19. The molecule has 0 spiro atoms. The number of nitrogens with zero attached hydrogens (tertiary/aromatic N) is 1. The number of rotatable bonds is 4. The molecule has 6 heteroatoms. The van der Waals surface area contributed by atoms with Crippen molar-refractivity contribution in [1.82, 2.24) is 0 Å². The molecule has 0 atom stereocenters. The fourth-order valence-corrected chi connectivity index (χ4v) is 3.17. The van der Waals surface area contributed by atoms with E-state index in [0.717, 1.165) is 9.87 Å². The maximum Gasteiger partial charge on any atom is 0.264 e. The molecule has 2 N–H and O–H groups in total. The number of hydrogen-bond donors (Lipinski definition) is 1. The second kappa shape index (κ2) is 5.57. The largest absolute Gasteiger partial charge is 0.366 e. The predicted molar refractivity (Wildman–Crippen MR) is 81.7 cm³/mol. The van der Waals surface area contributed by atoms with Crippen molar-refractivity contribution >= 4 is 21.6 Å². The number of carbonyl (C=O) groups excluding carboxylic acids is 1. The highest BCUT2D eigenvalue weighted by atomic mass is 32.2. The number of hydrogen-bond acceptors (Lipinski definition) is 3. The average Bonchev–Trinajstić information content (AvgIpc) is 2.46. The number of sulfonamides is 1. The maximum absolute atomic E-state index is 12.6. The van der Waals surface area contributed by atoms with Crippen molar-refractivity contribution in [3.8, 4) is 0 Å². The minimum atomic E-state index is -3.74. The van der Waals surface area contributed by atoms with Gasteiger partial charge in [-0.2, -0.15) is 0 Å². The van der Waals surface area contributed by atoms with Crippen LogP contribution in [-0.2, 0) is 10.0 Å². The van der Waals surface area contributed by atoms with E-state index in [9.17, 15) is 13.2 Å². The summed E-state index contributed by atoms with van der Waals surface area (Å²) in [7, 11) is -2.34. The summed E-state index contributed by atoms with van der Waals surface area (Å²) in [5, 5.41) is 0. The van der Waals surface area contributed by atoms with Crippen LogP contribution in [0.2, 0.25) is 0 Å². The van der Waals surface area contributed by atoms with Crippen molar-refractivity contribution in [3.05, 3.63) is 59.7 Å². The molecule has 0 aliphatic carbocycles. The maximum atomic E-state index is 12.6. The Labute approximate surface area is 124 Å². The van der Waals surface area contributed by atoms with Gasteiger partial charge in [-0.05, 0) is 31.2 Å². The van der Waals surface area contributed by atoms with Crippen LogP contribution in [0.4, 0.5) is 5.69 Å². The van der Waals surface area contributed by atoms with Crippen molar-refractivity contribution in [2.75, 3.05) is 11.4 Å². The number of nitrogens with two attached hydrogens (primary N) is 1. The normalized spacial score (nSPS) is 11.1. The Morgan fingerprint density at radius 1 is 1.05 bits per heavy atom. The van der Waals surface area contributed by atoms with E-state index in [1.807, 2.05) is 6.92 Å². The molecule has 0 unspecified atom stereocenters. The van der Waals surface area contributed by atoms with E-state index < -0.39 is 15.9 Å². The molecule has 1 amide bonds. The summed E-state index contributed by atoms with van der Waals surface area (Å²) in [6, 6.07) is 12.9. The first-order valence-corrected chi connectivity index (χ1v) is 7.72. The first-order valence-electron chi connectivity index (χ1n) is 6.28. The van der Waals surface area contributed by atoms with E-state index >= 15 is 0 Å². The molecule has 0 fully saturated rings. The van der Waals surface area contributed by atoms with Gasteiger partial charge in [-0.1, -0.05) is 29.8 Å². The zero-order valence-corrected chi connectivity index (χ0v) is 12.6. The van der Waals surface area contributed by atoms with Crippen LogP contribution in [0.3, 0.4) is 0 Å². The fraction of sp³-hybridized carbons (Fsp3) is 0.133. The van der Waals surface area contributed by atoms with Gasteiger partial charge in [-0.15, -0.1) is 0 Å². The second-order valence-corrected chi connectivity index (χ2v) is 6.64. The van der Waals surface area contributed by atoms with E-state index in [4.69, 9.17) is 5.73 Å². The number of benzene rings is 2. The molecular weight excluding hydrogens is 288 g/mol. The van der Waals surface area contributed by atoms with Gasteiger partial charge in [-0.25, -0.2) is 8.42 Å². The van der Waals surface area contributed by atoms with Crippen LogP contribution >= 0.6 is 0 Å². The van der Waals surface area contributed by atoms with E-state index in [1.165, 1.54) is 25.2 Å². The Morgan fingerprint density at radius 2 is 1.62 bits per heavy atom. The monoisotopic (exact) mass is 304 g/mol. The topological polar surface area (TPSA) is 80.5 Å². The number of amides is 1. The first-order chi connectivity index (χ1) is 9.84. The van der Waals surface area contributed by atoms with Gasteiger partial charge in [0, 0.05) is 7.05 Å². The van der Waals surface area contributed by atoms with E-state index in [1.54, 1.807) is 30.3 Å². The third-order valence-corrected chi connectivity index (χ3v) is 4.97. The summed E-state index contributed by atoms with van der Waals surface area (Å²) in [4.78, 5) is 11.6. The van der Waals surface area contributed by atoms with Gasteiger partial charge < -0.3 is 5.73 Å². The molecule has 110 valence electrons. The molecule has 0 saturated carbocycles. The molecule has 0 saturated heterocycles. The summed E-state index contributed by atoms with van der Waals surface area (Å²) in [6.45, 7) is 1.88. The van der Waals surface area contributed by atoms with Crippen molar-refractivity contribution in [3.63, 3.8) is 0 Å². The fourth-order valence-electron chi connectivity index (χ4n) is 1.95. The smallest absolute Gasteiger partial charge is 0.264 e. The Kier molecular flexibility index (Phi) is 3.99. The lowest BCUT2D eigenvalue weighted by atomic mass is 10.2. The SMILES string of the molecule is Cc1ccc(S(=O)(=O)N(C)c2ccccc2C(N)=O)cc1. The van der Waals surface area contributed by atoms with Crippen molar-refractivity contribution in [2.24, 2.45) is 5.73 Å². The summed E-state index contributed by atoms with van der Waals surface area (Å²) in [6.07, 6.45) is 0. The summed E-state index contributed by atoms with van der Waals surface area (Å²) in [5.74, 6) is -0.670. The number of primary amides is 1. The van der Waals surface area contributed by atoms with Gasteiger partial charge in [-0.3, -0.25) is 9.10 Å². The van der Waals surface area contributed by atoms with Crippen LogP contribution in [0.15, 0.2) is 53.4 Å². The second-order valence-electron chi connectivity index (χ2n) is 4.67. The molecule has 0 aliphatic rings. The van der Waals surface area contributed by atoms with Crippen LogP contribution in [0.5, 0.6) is 0 Å². The zero-order valence-electron chi connectivity index (χ0n) is 11.8. The van der Waals surface area contributed by atoms with Gasteiger partial charge >= 0.3 is 0 Å². The molecule has 2 rings (SSSR count). The number of carbonyl (C=O) groups is 1. The average molecular weight is 304 g/mol. The van der Waals surface area contributed by atoms with Crippen molar-refractivity contribution in [2.45, 2.75) is 11.8 Å². The van der Waals surface area contributed by atoms with Gasteiger partial charge in [0.25, 0.3) is 15.9 Å². The lowest BCUT2D eigenvalue weighted by Crippen LogP contribution is -2.29. The molecule has 0 aromatic heterocycles. The first kappa shape index (κ1) is 15.1. The number of aryl methyl sites for hydroxylation is 1. The zero-order chi connectivity index (χ0) is 15.6. The van der Waals surface area contributed by atoms with Crippen LogP contribution in [0.1, 0.15) is 15.9 Å². The molecule has 21 heavy (non-hydrogen) atoms. The third kappa shape index (κ3) is 2.90. The highest BCUT2D eigenvalue weighted by Gasteiger charge is 2.24. The molecule has 0 bridgehead atoms. The Bertz CT molecular complexity index is 768. The Hall–Kier alpha value is -2.34. The van der Waals surface area contributed by atoms with E-state index in [-0.39, 0.29) is 16.1 Å². The Morgan fingerprint density at radius 3 is 2.19 bits per heavy atom. The van der Waals surface area contributed by atoms with Crippen molar-refractivity contribution < 1.29 is 13.2 Å². The van der Waals surface area contributed by atoms with Crippen LogP contribution in [0, 0.1) is 6.92 Å². The summed E-state index contributed by atoms with van der Waals surface area (Å²) >= 11 is 0. The Balaban J connectivity index is 2.51. The lowest BCUT2D eigenvalue weighted by molar-refractivity contribution is 0.100. The summed E-state index contributed by atoms with van der Waals surface area (Å²) < 4.78 is 26.3. The minimum absolute atomic E-state index is 0.162. The van der Waals surface area contributed by atoms with Gasteiger partial charge in [0.05, 0.1) is 16.1 Å². The summed E-state index contributed by atoms with van der Waals surface area (Å²) in [5.41, 5.74) is 6.68. The molecule has 2 aromatic rings. The lowest BCUT2D eigenvalue weighted by Gasteiger charge is -2.21. The molecule has 0 radical (unpaired) electrons. The van der Waals surface area contributed by atoms with Crippen LogP contribution in [-0.4, -0.2) is 21.4 Å². The van der Waals surface area contributed by atoms with Crippen molar-refractivity contribution in [1.29, 1.82) is 0 Å². The van der Waals surface area contributed by atoms with Gasteiger partial charge in [0.1, 0.15) is 0 Å². The standard InChI is InChI=1S/C15H16N2O3S/c1-11-7-9-12(10-8-11)21(19,20)17(2)14-6-4-3-5-13(14)15(16)18/h3-10H,1-2H3,(H2,16,18). The highest BCUT2D eigenvalue weighted by Crippen LogP contribution is 2.25. The van der Waals surface area contributed by atoms with Crippen LogP contribution in [0.25, 0.3) is 0 Å². The van der Waals surface area contributed by atoms with Crippen LogP contribution < -0.4 is 10.0 Å². The van der Waals surface area contributed by atoms with E-state index in [2.05, 4.69) is 0 Å². The number of para-hydroxylation sites is 1. The predicted octanol–water partition coefficient (Wildman–Crippen LogP) is 1.92. The van der Waals surface area contributed by atoms with Gasteiger partial charge in [0.2, 0.25) is 0 Å². The molecule has 0 heterocycles. The minimum Gasteiger partial charge on any atom is -0.366 e. The van der Waals surface area contributed by atoms with E-state index in [0.29, 0.717) is 0 Å². The quantitative estimate of drug-likeness (QED) is 0.937. The molecular formula is C15H16N2O3S. The highest BCUT2D eigenvalue weighted by molar-refractivity contribution is 7.92. The molecule has 5 nitrogen and oxygen atoms in total. The molecule has 0 aliphatic heterocycles. The van der Waals surface area contributed by atoms with Gasteiger partial charge in [0.15, 0.2) is 0 Å². The number of anilines is 1.